The molecule has 112 valence electrons. The van der Waals surface area contributed by atoms with Gasteiger partial charge in [0.05, 0.1) is 23.9 Å². The van der Waals surface area contributed by atoms with Crippen molar-refractivity contribution in [1.29, 1.82) is 5.26 Å². The highest BCUT2D eigenvalue weighted by atomic mass is 16.5. The molecule has 2 N–H and O–H groups in total. The van der Waals surface area contributed by atoms with Crippen molar-refractivity contribution in [3.05, 3.63) is 59.2 Å². The Morgan fingerprint density at radius 2 is 2.14 bits per heavy atom. The summed E-state index contributed by atoms with van der Waals surface area (Å²) in [6.45, 7) is 4.06. The molecule has 1 heterocycles. The van der Waals surface area contributed by atoms with Crippen molar-refractivity contribution in [3.63, 3.8) is 0 Å². The maximum Gasteiger partial charge on any atom is 0.143 e. The molecule has 4 nitrogen and oxygen atoms in total. The standard InChI is InChI=1S/C18H19N3O/c1-13-11-21(12-16-5-3-2-4-15(16)10-20)17-7-6-14(9-19)8-18(17)22-13/h2-8,13H,9,11-12,19H2,1H3. The molecule has 22 heavy (non-hydrogen) atoms. The second kappa shape index (κ2) is 6.08. The Bertz CT molecular complexity index is 721. The van der Waals surface area contributed by atoms with Crippen LogP contribution < -0.4 is 15.4 Å². The van der Waals surface area contributed by atoms with Crippen LogP contribution in [0.2, 0.25) is 0 Å². The molecular weight excluding hydrogens is 274 g/mol. The summed E-state index contributed by atoms with van der Waals surface area (Å²) in [6, 6.07) is 16.1. The molecule has 4 heteroatoms. The van der Waals surface area contributed by atoms with Gasteiger partial charge in [-0.3, -0.25) is 0 Å². The van der Waals surface area contributed by atoms with E-state index in [4.69, 9.17) is 10.5 Å². The first-order valence-corrected chi connectivity index (χ1v) is 7.44. The van der Waals surface area contributed by atoms with Gasteiger partial charge in [-0.15, -0.1) is 0 Å². The van der Waals surface area contributed by atoms with Crippen molar-refractivity contribution in [2.45, 2.75) is 26.1 Å². The fraction of sp³-hybridized carbons (Fsp3) is 0.278. The van der Waals surface area contributed by atoms with Gasteiger partial charge in [0.2, 0.25) is 0 Å². The number of rotatable bonds is 3. The predicted octanol–water partition coefficient (Wildman–Crippen LogP) is 2.80. The zero-order valence-corrected chi connectivity index (χ0v) is 12.6. The average Bonchev–Trinajstić information content (AvgIpc) is 2.54. The highest BCUT2D eigenvalue weighted by Crippen LogP contribution is 2.35. The summed E-state index contributed by atoms with van der Waals surface area (Å²) in [6.07, 6.45) is 0.106. The number of nitrogens with two attached hydrogens (primary N) is 1. The fourth-order valence-corrected chi connectivity index (χ4v) is 2.83. The van der Waals surface area contributed by atoms with Crippen molar-refractivity contribution in [1.82, 2.24) is 0 Å². The number of hydrogen-bond acceptors (Lipinski definition) is 4. The molecule has 2 aromatic carbocycles. The quantitative estimate of drug-likeness (QED) is 0.945. The van der Waals surface area contributed by atoms with Gasteiger partial charge in [0.1, 0.15) is 11.9 Å². The minimum atomic E-state index is 0.106. The lowest BCUT2D eigenvalue weighted by Gasteiger charge is -2.35. The largest absolute Gasteiger partial charge is 0.487 e. The number of hydrogen-bond donors (Lipinski definition) is 1. The van der Waals surface area contributed by atoms with Crippen LogP contribution in [0.5, 0.6) is 5.75 Å². The Balaban J connectivity index is 1.94. The highest BCUT2D eigenvalue weighted by molar-refractivity contribution is 5.62. The first-order chi connectivity index (χ1) is 10.7. The molecule has 1 unspecified atom stereocenters. The van der Waals surface area contributed by atoms with E-state index >= 15 is 0 Å². The van der Waals surface area contributed by atoms with Crippen molar-refractivity contribution in [3.8, 4) is 11.8 Å². The molecule has 1 atom stereocenters. The zero-order valence-electron chi connectivity index (χ0n) is 12.6. The molecule has 0 amide bonds. The highest BCUT2D eigenvalue weighted by Gasteiger charge is 2.23. The van der Waals surface area contributed by atoms with Gasteiger partial charge in [-0.2, -0.15) is 5.26 Å². The van der Waals surface area contributed by atoms with Gasteiger partial charge in [0, 0.05) is 13.1 Å². The lowest BCUT2D eigenvalue weighted by atomic mass is 10.1. The topological polar surface area (TPSA) is 62.3 Å². The van der Waals surface area contributed by atoms with Crippen molar-refractivity contribution >= 4 is 5.69 Å². The van der Waals surface area contributed by atoms with E-state index in [2.05, 4.69) is 24.0 Å². The van der Waals surface area contributed by atoms with E-state index in [0.29, 0.717) is 13.1 Å². The normalized spacial score (nSPS) is 16.6. The van der Waals surface area contributed by atoms with E-state index in [1.807, 2.05) is 36.4 Å². The predicted molar refractivity (Wildman–Crippen MR) is 86.6 cm³/mol. The van der Waals surface area contributed by atoms with Gasteiger partial charge < -0.3 is 15.4 Å². The van der Waals surface area contributed by atoms with Crippen molar-refractivity contribution < 1.29 is 4.74 Å². The molecule has 0 saturated heterocycles. The first kappa shape index (κ1) is 14.4. The maximum absolute atomic E-state index is 9.26. The summed E-state index contributed by atoms with van der Waals surface area (Å²) in [7, 11) is 0. The molecule has 0 fully saturated rings. The third-order valence-corrected chi connectivity index (χ3v) is 3.91. The molecule has 0 radical (unpaired) electrons. The molecule has 0 spiro atoms. The lowest BCUT2D eigenvalue weighted by Crippen LogP contribution is -2.38. The van der Waals surface area contributed by atoms with Crippen LogP contribution in [0.25, 0.3) is 0 Å². The Kier molecular flexibility index (Phi) is 3.99. The van der Waals surface area contributed by atoms with E-state index in [-0.39, 0.29) is 6.10 Å². The van der Waals surface area contributed by atoms with Crippen molar-refractivity contribution in [2.24, 2.45) is 5.73 Å². The monoisotopic (exact) mass is 293 g/mol. The third kappa shape index (κ3) is 2.76. The minimum absolute atomic E-state index is 0.106. The van der Waals surface area contributed by atoms with Crippen LogP contribution in [0.15, 0.2) is 42.5 Å². The van der Waals surface area contributed by atoms with E-state index in [1.54, 1.807) is 0 Å². The summed E-state index contributed by atoms with van der Waals surface area (Å²) in [5.74, 6) is 0.871. The molecule has 0 aromatic heterocycles. The van der Waals surface area contributed by atoms with Crippen LogP contribution in [0.3, 0.4) is 0 Å². The number of benzene rings is 2. The maximum atomic E-state index is 9.26. The molecule has 0 bridgehead atoms. The van der Waals surface area contributed by atoms with Crippen LogP contribution in [-0.4, -0.2) is 12.6 Å². The molecule has 0 saturated carbocycles. The number of anilines is 1. The van der Waals surface area contributed by atoms with Gasteiger partial charge in [0.15, 0.2) is 0 Å². The number of ether oxygens (including phenoxy) is 1. The van der Waals surface area contributed by atoms with Crippen LogP contribution in [0, 0.1) is 11.3 Å². The molecule has 2 aromatic rings. The van der Waals surface area contributed by atoms with E-state index < -0.39 is 0 Å². The molecule has 1 aliphatic rings. The Hall–Kier alpha value is -2.51. The number of fused-ring (bicyclic) bond motifs is 1. The smallest absolute Gasteiger partial charge is 0.143 e. The van der Waals surface area contributed by atoms with Crippen LogP contribution in [0.4, 0.5) is 5.69 Å². The van der Waals surface area contributed by atoms with E-state index in [9.17, 15) is 5.26 Å². The third-order valence-electron chi connectivity index (χ3n) is 3.91. The van der Waals surface area contributed by atoms with Gasteiger partial charge in [-0.25, -0.2) is 0 Å². The summed E-state index contributed by atoms with van der Waals surface area (Å²) in [5.41, 5.74) is 9.59. The lowest BCUT2D eigenvalue weighted by molar-refractivity contribution is 0.212. The molecule has 3 rings (SSSR count). The summed E-state index contributed by atoms with van der Waals surface area (Å²) >= 11 is 0. The van der Waals surface area contributed by atoms with Crippen LogP contribution >= 0.6 is 0 Å². The summed E-state index contributed by atoms with van der Waals surface area (Å²) < 4.78 is 5.94. The number of nitriles is 1. The molecule has 1 aliphatic heterocycles. The summed E-state index contributed by atoms with van der Waals surface area (Å²) in [5, 5.41) is 9.26. The minimum Gasteiger partial charge on any atom is -0.487 e. The van der Waals surface area contributed by atoms with Gasteiger partial charge in [-0.1, -0.05) is 24.3 Å². The zero-order chi connectivity index (χ0) is 15.5. The average molecular weight is 293 g/mol. The first-order valence-electron chi connectivity index (χ1n) is 7.44. The Morgan fingerprint density at radius 3 is 2.91 bits per heavy atom. The van der Waals surface area contributed by atoms with Crippen molar-refractivity contribution in [2.75, 3.05) is 11.4 Å². The summed E-state index contributed by atoms with van der Waals surface area (Å²) in [4.78, 5) is 2.26. The van der Waals surface area contributed by atoms with Gasteiger partial charge in [-0.05, 0) is 36.2 Å². The van der Waals surface area contributed by atoms with Crippen LogP contribution in [-0.2, 0) is 13.1 Å². The van der Waals surface area contributed by atoms with Gasteiger partial charge in [0.25, 0.3) is 0 Å². The van der Waals surface area contributed by atoms with E-state index in [0.717, 1.165) is 34.7 Å². The second-order valence-electron chi connectivity index (χ2n) is 5.58. The SMILES string of the molecule is CC1CN(Cc2ccccc2C#N)c2ccc(CN)cc2O1. The molecular formula is C18H19N3O. The molecule has 0 aliphatic carbocycles. The fourth-order valence-electron chi connectivity index (χ4n) is 2.83. The van der Waals surface area contributed by atoms with Crippen LogP contribution in [0.1, 0.15) is 23.6 Å². The number of nitrogens with zero attached hydrogens (tertiary/aromatic N) is 2. The Labute approximate surface area is 130 Å². The second-order valence-corrected chi connectivity index (χ2v) is 5.58. The Morgan fingerprint density at radius 1 is 1.32 bits per heavy atom. The van der Waals surface area contributed by atoms with Gasteiger partial charge >= 0.3 is 0 Å². The van der Waals surface area contributed by atoms with E-state index in [1.165, 1.54) is 0 Å².